The number of hydrogen-bond donors (Lipinski definition) is 5. The fourth-order valence-electron chi connectivity index (χ4n) is 6.62. The Kier molecular flexibility index (Phi) is 6.00. The van der Waals surface area contributed by atoms with Gasteiger partial charge in [-0.1, -0.05) is 27.7 Å². The van der Waals surface area contributed by atoms with Gasteiger partial charge in [-0.25, -0.2) is 4.79 Å². The Labute approximate surface area is 190 Å². The zero-order valence-electron chi connectivity index (χ0n) is 19.8. The standard InChI is InChI=1S/C24H41NO7/c1-21(2)13(6-15-9-23(15,21)4)5-14-8-22(14,3)12-31-24(20(29)30)10-17(28)19(25)18(32-24)7-16(27)11-26/h13-19,26-28H,5-12,25H2,1-4H3,(H,29,30). The van der Waals surface area contributed by atoms with Crippen molar-refractivity contribution < 1.29 is 34.7 Å². The Balaban J connectivity index is 1.38. The van der Waals surface area contributed by atoms with Crippen molar-refractivity contribution in [2.45, 2.75) is 96.4 Å². The third-order valence-electron chi connectivity index (χ3n) is 9.95. The molecule has 4 rings (SSSR count). The van der Waals surface area contributed by atoms with Crippen LogP contribution < -0.4 is 5.73 Å². The molecule has 0 amide bonds. The number of carbonyl (C=O) groups is 1. The monoisotopic (exact) mass is 455 g/mol. The lowest BCUT2D eigenvalue weighted by Gasteiger charge is -2.44. The zero-order chi connectivity index (χ0) is 23.7. The number of aliphatic carboxylic acids is 1. The lowest BCUT2D eigenvalue weighted by Crippen LogP contribution is -2.62. The number of nitrogens with two attached hydrogens (primary N) is 1. The van der Waals surface area contributed by atoms with Crippen LogP contribution in [0, 0.1) is 34.0 Å². The number of fused-ring (bicyclic) bond motifs is 1. The van der Waals surface area contributed by atoms with Crippen LogP contribution in [-0.2, 0) is 14.3 Å². The molecule has 0 bridgehead atoms. The van der Waals surface area contributed by atoms with E-state index < -0.39 is 42.7 Å². The average Bonchev–Trinajstić information content (AvgIpc) is 3.56. The van der Waals surface area contributed by atoms with Crippen LogP contribution in [0.15, 0.2) is 0 Å². The maximum Gasteiger partial charge on any atom is 0.364 e. The van der Waals surface area contributed by atoms with Crippen molar-refractivity contribution in [1.82, 2.24) is 0 Å². The lowest BCUT2D eigenvalue weighted by atomic mass is 9.69. The molecule has 4 fully saturated rings. The van der Waals surface area contributed by atoms with Gasteiger partial charge in [-0.3, -0.25) is 0 Å². The summed E-state index contributed by atoms with van der Waals surface area (Å²) < 4.78 is 11.7. The van der Waals surface area contributed by atoms with Gasteiger partial charge in [0.05, 0.1) is 37.6 Å². The minimum Gasteiger partial charge on any atom is -0.477 e. The van der Waals surface area contributed by atoms with Gasteiger partial charge in [0.15, 0.2) is 0 Å². The number of carboxylic acid groups (broad SMARTS) is 1. The highest BCUT2D eigenvalue weighted by atomic mass is 16.7. The Bertz CT molecular complexity index is 746. The van der Waals surface area contributed by atoms with E-state index in [1.54, 1.807) is 0 Å². The summed E-state index contributed by atoms with van der Waals surface area (Å²) in [4.78, 5) is 12.2. The summed E-state index contributed by atoms with van der Waals surface area (Å²) in [5.74, 6) is -1.29. The third kappa shape index (κ3) is 3.91. The van der Waals surface area contributed by atoms with Gasteiger partial charge in [0.25, 0.3) is 5.79 Å². The first-order chi connectivity index (χ1) is 14.8. The average molecular weight is 456 g/mol. The molecular weight excluding hydrogens is 414 g/mol. The number of aliphatic hydroxyl groups excluding tert-OH is 3. The molecule has 0 aromatic heterocycles. The van der Waals surface area contributed by atoms with E-state index in [1.807, 2.05) is 0 Å². The van der Waals surface area contributed by atoms with Gasteiger partial charge >= 0.3 is 5.97 Å². The number of carboxylic acids is 1. The minimum atomic E-state index is -2.01. The second-order valence-corrected chi connectivity index (χ2v) is 12.2. The predicted molar refractivity (Wildman–Crippen MR) is 116 cm³/mol. The maximum atomic E-state index is 12.2. The van der Waals surface area contributed by atoms with Crippen molar-refractivity contribution in [3.63, 3.8) is 0 Å². The van der Waals surface area contributed by atoms with E-state index in [2.05, 4.69) is 27.7 Å². The quantitative estimate of drug-likeness (QED) is 0.352. The number of aliphatic hydroxyl groups is 3. The molecule has 3 saturated carbocycles. The fourth-order valence-corrected chi connectivity index (χ4v) is 6.62. The van der Waals surface area contributed by atoms with Crippen LogP contribution in [0.1, 0.15) is 66.2 Å². The van der Waals surface area contributed by atoms with Crippen LogP contribution >= 0.6 is 0 Å². The van der Waals surface area contributed by atoms with E-state index in [0.717, 1.165) is 18.8 Å². The normalized spacial score (nSPS) is 50.0. The van der Waals surface area contributed by atoms with Crippen LogP contribution in [0.3, 0.4) is 0 Å². The third-order valence-corrected chi connectivity index (χ3v) is 9.95. The molecule has 1 aliphatic heterocycles. The van der Waals surface area contributed by atoms with Gasteiger partial charge in [-0.05, 0) is 59.7 Å². The number of ether oxygens (including phenoxy) is 2. The van der Waals surface area contributed by atoms with Crippen molar-refractivity contribution in [2.75, 3.05) is 13.2 Å². The molecule has 184 valence electrons. The summed E-state index contributed by atoms with van der Waals surface area (Å²) in [5.41, 5.74) is 6.69. The summed E-state index contributed by atoms with van der Waals surface area (Å²) in [7, 11) is 0. The van der Waals surface area contributed by atoms with Gasteiger partial charge in [-0.2, -0.15) is 0 Å². The molecule has 1 heterocycles. The first-order valence-corrected chi connectivity index (χ1v) is 12.1. The van der Waals surface area contributed by atoms with Gasteiger partial charge in [-0.15, -0.1) is 0 Å². The molecule has 6 N–H and O–H groups in total. The molecule has 1 saturated heterocycles. The predicted octanol–water partition coefficient (Wildman–Crippen LogP) is 1.49. The summed E-state index contributed by atoms with van der Waals surface area (Å²) in [5, 5.41) is 39.3. The van der Waals surface area contributed by atoms with E-state index in [9.17, 15) is 20.1 Å². The van der Waals surface area contributed by atoms with Gasteiger partial charge in [0.2, 0.25) is 0 Å². The van der Waals surface area contributed by atoms with Crippen LogP contribution in [0.5, 0.6) is 0 Å². The summed E-state index contributed by atoms with van der Waals surface area (Å²) in [6.45, 7) is 9.10. The maximum absolute atomic E-state index is 12.2. The molecule has 32 heavy (non-hydrogen) atoms. The second-order valence-electron chi connectivity index (χ2n) is 12.2. The second kappa shape index (κ2) is 7.89. The molecule has 8 heteroatoms. The van der Waals surface area contributed by atoms with Crippen molar-refractivity contribution in [3.8, 4) is 0 Å². The molecule has 8 nitrogen and oxygen atoms in total. The Morgan fingerprint density at radius 3 is 2.44 bits per heavy atom. The smallest absolute Gasteiger partial charge is 0.364 e. The van der Waals surface area contributed by atoms with Gasteiger partial charge in [0.1, 0.15) is 0 Å². The molecular formula is C24H41NO7. The topological polar surface area (TPSA) is 142 Å². The molecule has 0 aromatic carbocycles. The van der Waals surface area contributed by atoms with Crippen molar-refractivity contribution >= 4 is 5.97 Å². The van der Waals surface area contributed by atoms with Crippen molar-refractivity contribution in [3.05, 3.63) is 0 Å². The molecule has 0 radical (unpaired) electrons. The van der Waals surface area contributed by atoms with E-state index in [-0.39, 0.29) is 24.9 Å². The van der Waals surface area contributed by atoms with Crippen molar-refractivity contribution in [2.24, 2.45) is 39.7 Å². The molecule has 3 aliphatic carbocycles. The first kappa shape index (κ1) is 24.4. The largest absolute Gasteiger partial charge is 0.477 e. The highest BCUT2D eigenvalue weighted by Gasteiger charge is 2.68. The van der Waals surface area contributed by atoms with E-state index >= 15 is 0 Å². The van der Waals surface area contributed by atoms with Gasteiger partial charge < -0.3 is 35.6 Å². The summed E-state index contributed by atoms with van der Waals surface area (Å²) in [6.07, 6.45) is 1.21. The molecule has 4 aliphatic rings. The molecule has 0 spiro atoms. The number of hydrogen-bond acceptors (Lipinski definition) is 7. The molecule has 10 unspecified atom stereocenters. The van der Waals surface area contributed by atoms with Crippen LogP contribution in [0.4, 0.5) is 0 Å². The Morgan fingerprint density at radius 2 is 1.88 bits per heavy atom. The highest BCUT2D eigenvalue weighted by Crippen LogP contribution is 2.75. The summed E-state index contributed by atoms with van der Waals surface area (Å²) in [6, 6.07) is -0.867. The molecule has 10 atom stereocenters. The van der Waals surface area contributed by atoms with Crippen LogP contribution in [0.2, 0.25) is 0 Å². The van der Waals surface area contributed by atoms with Crippen LogP contribution in [0.25, 0.3) is 0 Å². The number of rotatable bonds is 9. The van der Waals surface area contributed by atoms with E-state index in [1.165, 1.54) is 12.8 Å². The van der Waals surface area contributed by atoms with Crippen molar-refractivity contribution in [1.29, 1.82) is 0 Å². The highest BCUT2D eigenvalue weighted by molar-refractivity contribution is 5.76. The Morgan fingerprint density at radius 1 is 1.19 bits per heavy atom. The van der Waals surface area contributed by atoms with Crippen LogP contribution in [-0.4, -0.2) is 69.8 Å². The lowest BCUT2D eigenvalue weighted by molar-refractivity contribution is -0.300. The zero-order valence-corrected chi connectivity index (χ0v) is 19.8. The Hall–Kier alpha value is -0.770. The van der Waals surface area contributed by atoms with Gasteiger partial charge in [0, 0.05) is 12.8 Å². The summed E-state index contributed by atoms with van der Waals surface area (Å²) >= 11 is 0. The van der Waals surface area contributed by atoms with E-state index in [0.29, 0.717) is 22.7 Å². The SMILES string of the molecule is CC1(COC2(C(=O)O)CC(O)C(N)C(CC(O)CO)O2)CC1CC1CC2CC2(C)C1(C)C. The minimum absolute atomic E-state index is 0.0797. The first-order valence-electron chi connectivity index (χ1n) is 12.1. The van der Waals surface area contributed by atoms with E-state index in [4.69, 9.17) is 20.3 Å². The molecule has 0 aromatic rings. The fraction of sp³-hybridized carbons (Fsp3) is 0.958.